The summed E-state index contributed by atoms with van der Waals surface area (Å²) in [5.74, 6) is -0.648. The number of carbonyl (C=O) groups is 1. The third-order valence-corrected chi connectivity index (χ3v) is 6.16. The van der Waals surface area contributed by atoms with Gasteiger partial charge in [0.2, 0.25) is 5.91 Å². The molecule has 0 radical (unpaired) electrons. The number of allylic oxidation sites excluding steroid dienone is 1. The highest BCUT2D eigenvalue weighted by Gasteiger charge is 2.27. The number of anilines is 2. The van der Waals surface area contributed by atoms with E-state index in [4.69, 9.17) is 11.6 Å². The molecule has 1 saturated heterocycles. The molecule has 5 nitrogen and oxygen atoms in total. The van der Waals surface area contributed by atoms with Crippen LogP contribution in [0.1, 0.15) is 18.5 Å². The summed E-state index contributed by atoms with van der Waals surface area (Å²) in [7, 11) is 0. The molecule has 1 N–H and O–H groups in total. The van der Waals surface area contributed by atoms with E-state index in [0.29, 0.717) is 28.3 Å². The van der Waals surface area contributed by atoms with Gasteiger partial charge < -0.3 is 10.2 Å². The number of hydrogen-bond donors (Lipinski definition) is 1. The minimum atomic E-state index is -0.417. The van der Waals surface area contributed by atoms with Gasteiger partial charge in [-0.1, -0.05) is 29.0 Å². The molecule has 3 aromatic rings. The van der Waals surface area contributed by atoms with E-state index in [1.165, 1.54) is 23.5 Å². The Morgan fingerprint density at radius 2 is 2.31 bits per heavy atom. The van der Waals surface area contributed by atoms with Crippen molar-refractivity contribution in [2.45, 2.75) is 19.3 Å². The van der Waals surface area contributed by atoms with Crippen molar-refractivity contribution >= 4 is 49.9 Å². The molecule has 1 atom stereocenters. The van der Waals surface area contributed by atoms with Crippen LogP contribution >= 0.6 is 22.9 Å². The van der Waals surface area contributed by atoms with Crippen LogP contribution in [0.25, 0.3) is 10.2 Å². The van der Waals surface area contributed by atoms with Gasteiger partial charge in [0.15, 0.2) is 5.13 Å². The lowest BCUT2D eigenvalue weighted by Crippen LogP contribution is -2.40. The van der Waals surface area contributed by atoms with Crippen molar-refractivity contribution in [1.29, 1.82) is 0 Å². The van der Waals surface area contributed by atoms with Crippen molar-refractivity contribution in [3.63, 3.8) is 0 Å². The van der Waals surface area contributed by atoms with Crippen LogP contribution in [0.4, 0.5) is 15.2 Å². The number of fused-ring (bicyclic) bond motifs is 1. The fraction of sp³-hybridized carbons (Fsp3) is 0.286. The highest BCUT2D eigenvalue weighted by Crippen LogP contribution is 2.32. The lowest BCUT2D eigenvalue weighted by molar-refractivity contribution is -0.120. The average Bonchev–Trinajstić information content (AvgIpc) is 3.11. The van der Waals surface area contributed by atoms with Gasteiger partial charge in [0.05, 0.1) is 15.6 Å². The van der Waals surface area contributed by atoms with Crippen LogP contribution in [-0.2, 0) is 11.2 Å². The Labute approximate surface area is 177 Å². The Kier molecular flexibility index (Phi) is 5.78. The summed E-state index contributed by atoms with van der Waals surface area (Å²) in [6.07, 6.45) is 6.07. The highest BCUT2D eigenvalue weighted by atomic mass is 35.5. The van der Waals surface area contributed by atoms with Gasteiger partial charge in [0.1, 0.15) is 11.3 Å². The van der Waals surface area contributed by atoms with Crippen molar-refractivity contribution < 1.29 is 9.18 Å². The van der Waals surface area contributed by atoms with E-state index in [1.807, 2.05) is 18.2 Å². The molecule has 1 aliphatic rings. The maximum atomic E-state index is 13.5. The molecule has 1 aromatic carbocycles. The Bertz CT molecular complexity index is 1070. The van der Waals surface area contributed by atoms with Gasteiger partial charge in [0, 0.05) is 37.1 Å². The maximum absolute atomic E-state index is 13.5. The molecule has 2 aromatic heterocycles. The number of halogens is 2. The first-order chi connectivity index (χ1) is 14.0. The number of piperidine rings is 1. The fourth-order valence-electron chi connectivity index (χ4n) is 3.57. The normalized spacial score (nSPS) is 16.8. The zero-order chi connectivity index (χ0) is 20.4. The minimum absolute atomic E-state index is 0.0780. The number of carbonyl (C=O) groups excluding carboxylic acids is 1. The first-order valence-corrected chi connectivity index (χ1v) is 10.6. The van der Waals surface area contributed by atoms with Gasteiger partial charge in [-0.25, -0.2) is 9.37 Å². The van der Waals surface area contributed by atoms with Crippen molar-refractivity contribution in [2.24, 2.45) is 5.92 Å². The summed E-state index contributed by atoms with van der Waals surface area (Å²) in [5, 5.41) is 3.57. The standard InChI is InChI=1S/C21H20ClFN4OS/c1-2-4-15-11-16(6-7-24-15)27-8-3-5-13(12-27)20(28)26-21-25-19-17(22)9-14(23)10-18(19)29-21/h2,6-7,9-11,13H,1,3-5,8,12H2,(H,25,26,28). The number of rotatable bonds is 5. The predicted molar refractivity (Wildman–Crippen MR) is 116 cm³/mol. The van der Waals surface area contributed by atoms with E-state index < -0.39 is 5.82 Å². The molecular formula is C21H20ClFN4OS. The number of thiazole rings is 1. The minimum Gasteiger partial charge on any atom is -0.371 e. The quantitative estimate of drug-likeness (QED) is 0.574. The second-order valence-electron chi connectivity index (χ2n) is 7.03. The summed E-state index contributed by atoms with van der Waals surface area (Å²) in [6.45, 7) is 5.29. The molecule has 1 amide bonds. The molecule has 0 aliphatic carbocycles. The Hall–Kier alpha value is -2.51. The lowest BCUT2D eigenvalue weighted by atomic mass is 9.96. The van der Waals surface area contributed by atoms with E-state index in [9.17, 15) is 9.18 Å². The Balaban J connectivity index is 1.47. The van der Waals surface area contributed by atoms with Gasteiger partial charge >= 0.3 is 0 Å². The number of amides is 1. The second-order valence-corrected chi connectivity index (χ2v) is 8.46. The van der Waals surface area contributed by atoms with Crippen LogP contribution in [0.2, 0.25) is 5.02 Å². The van der Waals surface area contributed by atoms with Crippen LogP contribution in [-0.4, -0.2) is 29.0 Å². The van der Waals surface area contributed by atoms with Crippen LogP contribution < -0.4 is 10.2 Å². The van der Waals surface area contributed by atoms with Gasteiger partial charge in [-0.05, 0) is 37.1 Å². The van der Waals surface area contributed by atoms with Gasteiger partial charge in [0.25, 0.3) is 0 Å². The lowest BCUT2D eigenvalue weighted by Gasteiger charge is -2.33. The molecule has 3 heterocycles. The first kappa shape index (κ1) is 19.8. The van der Waals surface area contributed by atoms with E-state index in [1.54, 1.807) is 6.20 Å². The summed E-state index contributed by atoms with van der Waals surface area (Å²) in [6, 6.07) is 6.62. The molecule has 0 saturated carbocycles. The molecule has 29 heavy (non-hydrogen) atoms. The molecule has 8 heteroatoms. The number of hydrogen-bond acceptors (Lipinski definition) is 5. The summed E-state index contributed by atoms with van der Waals surface area (Å²) < 4.78 is 14.1. The smallest absolute Gasteiger partial charge is 0.231 e. The summed E-state index contributed by atoms with van der Waals surface area (Å²) >= 11 is 7.28. The van der Waals surface area contributed by atoms with Crippen molar-refractivity contribution in [1.82, 2.24) is 9.97 Å². The third kappa shape index (κ3) is 4.41. The zero-order valence-electron chi connectivity index (χ0n) is 15.7. The molecule has 150 valence electrons. The van der Waals surface area contributed by atoms with Gasteiger partial charge in [-0.2, -0.15) is 0 Å². The van der Waals surface area contributed by atoms with Crippen LogP contribution in [0.5, 0.6) is 0 Å². The first-order valence-electron chi connectivity index (χ1n) is 9.40. The number of pyridine rings is 1. The van der Waals surface area contributed by atoms with Gasteiger partial charge in [-0.15, -0.1) is 6.58 Å². The SMILES string of the molecule is C=CCc1cc(N2CCCC(C(=O)Nc3nc4c(Cl)cc(F)cc4s3)C2)ccn1. The van der Waals surface area contributed by atoms with E-state index >= 15 is 0 Å². The monoisotopic (exact) mass is 430 g/mol. The van der Waals surface area contributed by atoms with Crippen molar-refractivity contribution in [2.75, 3.05) is 23.3 Å². The number of nitrogens with one attached hydrogen (secondary N) is 1. The molecule has 4 rings (SSSR count). The van der Waals surface area contributed by atoms with E-state index in [0.717, 1.165) is 30.8 Å². The summed E-state index contributed by atoms with van der Waals surface area (Å²) in [5.41, 5.74) is 2.53. The number of nitrogens with zero attached hydrogens (tertiary/aromatic N) is 3. The van der Waals surface area contributed by atoms with Gasteiger partial charge in [-0.3, -0.25) is 9.78 Å². The molecule has 1 unspecified atom stereocenters. The Morgan fingerprint density at radius 1 is 1.45 bits per heavy atom. The van der Waals surface area contributed by atoms with Crippen LogP contribution in [0.3, 0.4) is 0 Å². The van der Waals surface area contributed by atoms with Crippen molar-refractivity contribution in [3.8, 4) is 0 Å². The third-order valence-electron chi connectivity index (χ3n) is 4.95. The Morgan fingerprint density at radius 3 is 3.14 bits per heavy atom. The predicted octanol–water partition coefficient (Wildman–Crippen LogP) is 5.07. The number of aromatic nitrogens is 2. The average molecular weight is 431 g/mol. The maximum Gasteiger partial charge on any atom is 0.231 e. The molecule has 0 spiro atoms. The highest BCUT2D eigenvalue weighted by molar-refractivity contribution is 7.22. The molecular weight excluding hydrogens is 411 g/mol. The number of benzene rings is 1. The molecule has 0 bridgehead atoms. The fourth-order valence-corrected chi connectivity index (χ4v) is 4.79. The molecule has 1 aliphatic heterocycles. The molecule has 1 fully saturated rings. The topological polar surface area (TPSA) is 58.1 Å². The van der Waals surface area contributed by atoms with E-state index in [2.05, 4.69) is 26.8 Å². The van der Waals surface area contributed by atoms with E-state index in [-0.39, 0.29) is 16.8 Å². The van der Waals surface area contributed by atoms with Crippen LogP contribution in [0, 0.1) is 11.7 Å². The second kappa shape index (κ2) is 8.47. The zero-order valence-corrected chi connectivity index (χ0v) is 17.3. The van der Waals surface area contributed by atoms with Crippen molar-refractivity contribution in [3.05, 3.63) is 59.7 Å². The largest absolute Gasteiger partial charge is 0.371 e. The van der Waals surface area contributed by atoms with Crippen LogP contribution in [0.15, 0.2) is 43.1 Å². The summed E-state index contributed by atoms with van der Waals surface area (Å²) in [4.78, 5) is 23.8.